The molecule has 6 heteroatoms. The van der Waals surface area contributed by atoms with Gasteiger partial charge in [0, 0.05) is 0 Å². The van der Waals surface area contributed by atoms with Crippen molar-refractivity contribution in [2.45, 2.75) is 20.3 Å². The molecule has 0 spiro atoms. The molecule has 0 aliphatic carbocycles. The van der Waals surface area contributed by atoms with Gasteiger partial charge in [0.15, 0.2) is 0 Å². The molecule has 6 nitrogen and oxygen atoms in total. The highest BCUT2D eigenvalue weighted by Gasteiger charge is 1.65. The maximum absolute atomic E-state index is 8.78. The molecule has 0 radical (unpaired) electrons. The SMILES string of the molecule is CC=CCC.NC(=O)O.NC(=O)O. The first kappa shape index (κ1) is 17.4. The van der Waals surface area contributed by atoms with Crippen LogP contribution in [0.3, 0.4) is 0 Å². The summed E-state index contributed by atoms with van der Waals surface area (Å²) in [6, 6.07) is 0. The van der Waals surface area contributed by atoms with Crippen LogP contribution in [0, 0.1) is 0 Å². The fraction of sp³-hybridized carbons (Fsp3) is 0.429. The molecule has 0 aromatic heterocycles. The Morgan fingerprint density at radius 1 is 1.23 bits per heavy atom. The first-order valence-corrected chi connectivity index (χ1v) is 3.46. The molecule has 0 aromatic carbocycles. The summed E-state index contributed by atoms with van der Waals surface area (Å²) >= 11 is 0. The van der Waals surface area contributed by atoms with Crippen LogP contribution in [0.4, 0.5) is 9.59 Å². The molecule has 0 saturated heterocycles. The predicted molar refractivity (Wildman–Crippen MR) is 49.5 cm³/mol. The number of primary amides is 2. The van der Waals surface area contributed by atoms with E-state index in [-0.39, 0.29) is 0 Å². The number of amides is 2. The van der Waals surface area contributed by atoms with Crippen molar-refractivity contribution in [3.05, 3.63) is 12.2 Å². The molecule has 0 aromatic rings. The topological polar surface area (TPSA) is 127 Å². The summed E-state index contributed by atoms with van der Waals surface area (Å²) < 4.78 is 0. The van der Waals surface area contributed by atoms with Gasteiger partial charge in [-0.1, -0.05) is 19.1 Å². The van der Waals surface area contributed by atoms with Gasteiger partial charge in [0.25, 0.3) is 0 Å². The monoisotopic (exact) mass is 192 g/mol. The minimum absolute atomic E-state index is 1.16. The molecular weight excluding hydrogens is 176 g/mol. The van der Waals surface area contributed by atoms with Crippen molar-refractivity contribution >= 4 is 12.2 Å². The van der Waals surface area contributed by atoms with E-state index in [0.29, 0.717) is 0 Å². The zero-order chi connectivity index (χ0) is 11.3. The minimum atomic E-state index is -1.33. The quantitative estimate of drug-likeness (QED) is 0.465. The van der Waals surface area contributed by atoms with Crippen LogP contribution >= 0.6 is 0 Å². The molecule has 0 bridgehead atoms. The Hall–Kier alpha value is -1.72. The van der Waals surface area contributed by atoms with Crippen LogP contribution in [-0.4, -0.2) is 22.4 Å². The van der Waals surface area contributed by atoms with E-state index in [1.807, 2.05) is 6.92 Å². The summed E-state index contributed by atoms with van der Waals surface area (Å²) in [5.41, 5.74) is 8.06. The number of allylic oxidation sites excluding steroid dienone is 2. The van der Waals surface area contributed by atoms with Gasteiger partial charge < -0.3 is 21.7 Å². The Balaban J connectivity index is -0.000000117. The highest BCUT2D eigenvalue weighted by atomic mass is 16.4. The maximum Gasteiger partial charge on any atom is 0.402 e. The highest BCUT2D eigenvalue weighted by molar-refractivity contribution is 5.61. The largest absolute Gasteiger partial charge is 0.465 e. The molecule has 6 N–H and O–H groups in total. The first-order valence-electron chi connectivity index (χ1n) is 3.46. The Bertz CT molecular complexity index is 137. The fourth-order valence-corrected chi connectivity index (χ4v) is 0.236. The predicted octanol–water partition coefficient (Wildman–Crippen LogP) is 1.22. The van der Waals surface area contributed by atoms with Crippen LogP contribution in [0.1, 0.15) is 20.3 Å². The van der Waals surface area contributed by atoms with Gasteiger partial charge in [0.05, 0.1) is 0 Å². The van der Waals surface area contributed by atoms with Crippen molar-refractivity contribution < 1.29 is 19.8 Å². The molecule has 13 heavy (non-hydrogen) atoms. The molecule has 0 rings (SSSR count). The van der Waals surface area contributed by atoms with Gasteiger partial charge in [-0.05, 0) is 13.3 Å². The van der Waals surface area contributed by atoms with E-state index in [0.717, 1.165) is 6.42 Å². The zero-order valence-corrected chi connectivity index (χ0v) is 7.73. The lowest BCUT2D eigenvalue weighted by Gasteiger charge is -1.65. The lowest BCUT2D eigenvalue weighted by atomic mass is 10.4. The van der Waals surface area contributed by atoms with Gasteiger partial charge in [-0.25, -0.2) is 9.59 Å². The summed E-state index contributed by atoms with van der Waals surface area (Å²) in [5.74, 6) is 0. The minimum Gasteiger partial charge on any atom is -0.465 e. The Morgan fingerprint density at radius 3 is 1.46 bits per heavy atom. The van der Waals surface area contributed by atoms with Crippen molar-refractivity contribution in [1.29, 1.82) is 0 Å². The fourth-order valence-electron chi connectivity index (χ4n) is 0.236. The van der Waals surface area contributed by atoms with Crippen molar-refractivity contribution in [2.75, 3.05) is 0 Å². The third-order valence-electron chi connectivity index (χ3n) is 0.471. The third kappa shape index (κ3) is 8990. The molecular formula is C7H16N2O4. The average molecular weight is 192 g/mol. The standard InChI is InChI=1S/C5H10.2CH3NO2/c1-3-5-4-2;2*2-1(3)4/h3,5H,4H2,1-2H3;2*2H2,(H,3,4). The molecule has 0 heterocycles. The third-order valence-corrected chi connectivity index (χ3v) is 0.471. The Labute approximate surface area is 76.8 Å². The second-order valence-electron chi connectivity index (χ2n) is 1.65. The van der Waals surface area contributed by atoms with Gasteiger partial charge in [-0.3, -0.25) is 0 Å². The van der Waals surface area contributed by atoms with E-state index < -0.39 is 12.2 Å². The number of hydrogen-bond donors (Lipinski definition) is 4. The van der Waals surface area contributed by atoms with Crippen molar-refractivity contribution in [3.63, 3.8) is 0 Å². The molecule has 0 unspecified atom stereocenters. The lowest BCUT2D eigenvalue weighted by Crippen LogP contribution is -2.03. The van der Waals surface area contributed by atoms with Gasteiger partial charge in [-0.2, -0.15) is 0 Å². The molecule has 0 atom stereocenters. The van der Waals surface area contributed by atoms with Crippen LogP contribution in [0.15, 0.2) is 12.2 Å². The zero-order valence-electron chi connectivity index (χ0n) is 7.73. The van der Waals surface area contributed by atoms with E-state index in [4.69, 9.17) is 19.8 Å². The van der Waals surface area contributed by atoms with E-state index in [2.05, 4.69) is 30.5 Å². The normalized spacial score (nSPS) is 7.54. The lowest BCUT2D eigenvalue weighted by molar-refractivity contribution is 0.204. The van der Waals surface area contributed by atoms with Gasteiger partial charge in [0.1, 0.15) is 0 Å². The van der Waals surface area contributed by atoms with Crippen LogP contribution < -0.4 is 11.5 Å². The molecule has 0 aliphatic heterocycles. The van der Waals surface area contributed by atoms with E-state index in [1.54, 1.807) is 0 Å². The van der Waals surface area contributed by atoms with Crippen LogP contribution in [0.25, 0.3) is 0 Å². The van der Waals surface area contributed by atoms with E-state index in [9.17, 15) is 0 Å². The van der Waals surface area contributed by atoms with Crippen LogP contribution in [-0.2, 0) is 0 Å². The number of carbonyl (C=O) groups is 2. The maximum atomic E-state index is 8.78. The van der Waals surface area contributed by atoms with Gasteiger partial charge in [0.2, 0.25) is 0 Å². The Kier molecular flexibility index (Phi) is 22.3. The second kappa shape index (κ2) is 16.7. The summed E-state index contributed by atoms with van der Waals surface area (Å²) in [7, 11) is 0. The van der Waals surface area contributed by atoms with Gasteiger partial charge in [-0.15, -0.1) is 0 Å². The summed E-state index contributed by atoms with van der Waals surface area (Å²) in [6.07, 6.45) is 2.68. The average Bonchev–Trinajstić information content (AvgIpc) is 1.86. The molecule has 0 aliphatic rings. The summed E-state index contributed by atoms with van der Waals surface area (Å²) in [5, 5.41) is 14.4. The number of nitrogens with two attached hydrogens (primary N) is 2. The van der Waals surface area contributed by atoms with Crippen molar-refractivity contribution in [1.82, 2.24) is 0 Å². The van der Waals surface area contributed by atoms with Crippen LogP contribution in [0.5, 0.6) is 0 Å². The molecule has 2 amide bonds. The number of hydrogen-bond acceptors (Lipinski definition) is 2. The molecule has 78 valence electrons. The Morgan fingerprint density at radius 2 is 1.46 bits per heavy atom. The van der Waals surface area contributed by atoms with Crippen molar-refractivity contribution in [2.24, 2.45) is 11.5 Å². The smallest absolute Gasteiger partial charge is 0.402 e. The molecule has 0 fully saturated rings. The second-order valence-corrected chi connectivity index (χ2v) is 1.65. The first-order chi connectivity index (χ1) is 5.88. The van der Waals surface area contributed by atoms with E-state index >= 15 is 0 Å². The number of rotatable bonds is 1. The number of carboxylic acid groups (broad SMARTS) is 2. The summed E-state index contributed by atoms with van der Waals surface area (Å²) in [4.78, 5) is 17.6. The summed E-state index contributed by atoms with van der Waals surface area (Å²) in [6.45, 7) is 4.16. The molecule has 0 saturated carbocycles. The van der Waals surface area contributed by atoms with Gasteiger partial charge >= 0.3 is 12.2 Å². The van der Waals surface area contributed by atoms with Crippen LogP contribution in [0.2, 0.25) is 0 Å². The highest BCUT2D eigenvalue weighted by Crippen LogP contribution is 1.73. The van der Waals surface area contributed by atoms with E-state index in [1.165, 1.54) is 0 Å². The van der Waals surface area contributed by atoms with Crippen molar-refractivity contribution in [3.8, 4) is 0 Å².